The molecule has 15 heavy (non-hydrogen) atoms. The van der Waals surface area contributed by atoms with Crippen LogP contribution in [0.4, 0.5) is 4.39 Å². The van der Waals surface area contributed by atoms with Crippen molar-refractivity contribution in [2.75, 3.05) is 13.7 Å². The van der Waals surface area contributed by atoms with Crippen LogP contribution in [-0.4, -0.2) is 18.4 Å². The van der Waals surface area contributed by atoms with E-state index in [1.54, 1.807) is 13.2 Å². The van der Waals surface area contributed by atoms with E-state index in [0.717, 1.165) is 4.90 Å². The Kier molecular flexibility index (Phi) is 3.99. The third kappa shape index (κ3) is 3.39. The van der Waals surface area contributed by atoms with Gasteiger partial charge in [0.05, 0.1) is 12.0 Å². The van der Waals surface area contributed by atoms with E-state index in [9.17, 15) is 4.39 Å². The summed E-state index contributed by atoms with van der Waals surface area (Å²) in [7, 11) is 1.58. The molecule has 0 fully saturated rings. The quantitative estimate of drug-likeness (QED) is 0.806. The lowest BCUT2D eigenvalue weighted by atomic mass is 10.2. The minimum Gasteiger partial charge on any atom is -0.496 e. The van der Waals surface area contributed by atoms with Gasteiger partial charge in [0.1, 0.15) is 11.6 Å². The van der Waals surface area contributed by atoms with Crippen molar-refractivity contribution in [1.82, 2.24) is 0 Å². The maximum atomic E-state index is 13.1. The number of hydrogen-bond donors (Lipinski definition) is 1. The van der Waals surface area contributed by atoms with Gasteiger partial charge in [-0.3, -0.25) is 0 Å². The Morgan fingerprint density at radius 2 is 2.13 bits per heavy atom. The zero-order chi connectivity index (χ0) is 11.5. The van der Waals surface area contributed by atoms with Crippen molar-refractivity contribution < 1.29 is 9.13 Å². The number of halogens is 1. The Morgan fingerprint density at radius 1 is 1.47 bits per heavy atom. The van der Waals surface area contributed by atoms with Gasteiger partial charge >= 0.3 is 0 Å². The van der Waals surface area contributed by atoms with Crippen molar-refractivity contribution in [1.29, 1.82) is 0 Å². The number of hydrogen-bond acceptors (Lipinski definition) is 3. The number of rotatable bonds is 4. The van der Waals surface area contributed by atoms with E-state index in [-0.39, 0.29) is 10.6 Å². The number of thioether (sulfide) groups is 1. The molecule has 0 aliphatic heterocycles. The molecule has 0 saturated heterocycles. The lowest BCUT2D eigenvalue weighted by Gasteiger charge is -2.22. The van der Waals surface area contributed by atoms with Gasteiger partial charge in [-0.05, 0) is 32.0 Å². The molecule has 0 saturated carbocycles. The smallest absolute Gasteiger partial charge is 0.132 e. The van der Waals surface area contributed by atoms with Crippen molar-refractivity contribution >= 4 is 11.8 Å². The monoisotopic (exact) mass is 229 g/mol. The van der Waals surface area contributed by atoms with Crippen LogP contribution >= 0.6 is 11.8 Å². The van der Waals surface area contributed by atoms with E-state index in [4.69, 9.17) is 10.5 Å². The third-order valence-electron chi connectivity index (χ3n) is 2.00. The minimum atomic E-state index is -0.258. The van der Waals surface area contributed by atoms with Crippen molar-refractivity contribution in [3.8, 4) is 5.75 Å². The molecule has 0 radical (unpaired) electrons. The highest BCUT2D eigenvalue weighted by Crippen LogP contribution is 2.37. The second-order valence-corrected chi connectivity index (χ2v) is 5.61. The van der Waals surface area contributed by atoms with Crippen molar-refractivity contribution in [2.24, 2.45) is 5.73 Å². The van der Waals surface area contributed by atoms with Gasteiger partial charge in [0, 0.05) is 11.3 Å². The summed E-state index contributed by atoms with van der Waals surface area (Å²) in [6.07, 6.45) is 0. The van der Waals surface area contributed by atoms with E-state index in [2.05, 4.69) is 0 Å². The Hall–Kier alpha value is -0.740. The number of benzene rings is 1. The highest BCUT2D eigenvalue weighted by atomic mass is 32.2. The van der Waals surface area contributed by atoms with Crippen LogP contribution in [0.5, 0.6) is 5.75 Å². The molecule has 0 spiro atoms. The molecule has 4 heteroatoms. The Balaban J connectivity index is 2.97. The summed E-state index contributed by atoms with van der Waals surface area (Å²) in [5, 5.41) is 0. The van der Waals surface area contributed by atoms with E-state index in [0.29, 0.717) is 12.3 Å². The molecule has 0 unspecified atom stereocenters. The summed E-state index contributed by atoms with van der Waals surface area (Å²) < 4.78 is 18.1. The van der Waals surface area contributed by atoms with Gasteiger partial charge < -0.3 is 10.5 Å². The van der Waals surface area contributed by atoms with Crippen molar-refractivity contribution in [3.05, 3.63) is 24.0 Å². The van der Waals surface area contributed by atoms with Crippen molar-refractivity contribution in [2.45, 2.75) is 23.5 Å². The number of methoxy groups -OCH3 is 1. The van der Waals surface area contributed by atoms with Crippen LogP contribution in [0, 0.1) is 5.82 Å². The topological polar surface area (TPSA) is 35.2 Å². The molecule has 0 heterocycles. The molecule has 0 bridgehead atoms. The van der Waals surface area contributed by atoms with Gasteiger partial charge in [-0.25, -0.2) is 4.39 Å². The molecule has 0 aliphatic rings. The predicted molar refractivity (Wildman–Crippen MR) is 61.9 cm³/mol. The van der Waals surface area contributed by atoms with E-state index in [1.807, 2.05) is 13.8 Å². The molecule has 1 aromatic carbocycles. The summed E-state index contributed by atoms with van der Waals surface area (Å²) in [6.45, 7) is 4.56. The molecule has 1 rings (SSSR count). The van der Waals surface area contributed by atoms with Crippen LogP contribution < -0.4 is 10.5 Å². The highest BCUT2D eigenvalue weighted by Gasteiger charge is 2.19. The largest absolute Gasteiger partial charge is 0.496 e. The Bertz CT molecular complexity index is 341. The lowest BCUT2D eigenvalue weighted by Crippen LogP contribution is -2.26. The first-order valence-electron chi connectivity index (χ1n) is 4.71. The molecule has 0 amide bonds. The normalized spacial score (nSPS) is 11.5. The molecule has 2 nitrogen and oxygen atoms in total. The fourth-order valence-electron chi connectivity index (χ4n) is 1.07. The van der Waals surface area contributed by atoms with Crippen LogP contribution in [0.25, 0.3) is 0 Å². The number of ether oxygens (including phenoxy) is 1. The summed E-state index contributed by atoms with van der Waals surface area (Å²) in [4.78, 5) is 0.785. The van der Waals surface area contributed by atoms with Crippen LogP contribution in [0.1, 0.15) is 13.8 Å². The second-order valence-electron chi connectivity index (χ2n) is 3.86. The summed E-state index contributed by atoms with van der Waals surface area (Å²) in [5.74, 6) is 0.425. The maximum Gasteiger partial charge on any atom is 0.132 e. The molecular formula is C11H16FNOS. The number of nitrogens with two attached hydrogens (primary N) is 1. The minimum absolute atomic E-state index is 0.124. The van der Waals surface area contributed by atoms with Gasteiger partial charge in [-0.1, -0.05) is 0 Å². The fourth-order valence-corrected chi connectivity index (χ4v) is 2.17. The van der Waals surface area contributed by atoms with Gasteiger partial charge in [-0.15, -0.1) is 11.8 Å². The SMILES string of the molecule is COc1ccc(F)cc1SC(C)(C)CN. The first kappa shape index (κ1) is 12.3. The zero-order valence-corrected chi connectivity index (χ0v) is 10.0. The van der Waals surface area contributed by atoms with Crippen LogP contribution in [0.3, 0.4) is 0 Å². The molecule has 84 valence electrons. The van der Waals surface area contributed by atoms with Gasteiger partial charge in [-0.2, -0.15) is 0 Å². The van der Waals surface area contributed by atoms with E-state index >= 15 is 0 Å². The zero-order valence-electron chi connectivity index (χ0n) is 9.21. The molecule has 0 atom stereocenters. The molecule has 2 N–H and O–H groups in total. The summed E-state index contributed by atoms with van der Waals surface area (Å²) >= 11 is 1.52. The lowest BCUT2D eigenvalue weighted by molar-refractivity contribution is 0.403. The van der Waals surface area contributed by atoms with E-state index < -0.39 is 0 Å². The highest BCUT2D eigenvalue weighted by molar-refractivity contribution is 8.00. The average molecular weight is 229 g/mol. The molecule has 0 aliphatic carbocycles. The first-order valence-corrected chi connectivity index (χ1v) is 5.53. The van der Waals surface area contributed by atoms with Crippen LogP contribution in [-0.2, 0) is 0 Å². The van der Waals surface area contributed by atoms with Crippen LogP contribution in [0.2, 0.25) is 0 Å². The molecular weight excluding hydrogens is 213 g/mol. The second kappa shape index (κ2) is 4.86. The first-order chi connectivity index (χ1) is 6.98. The summed E-state index contributed by atoms with van der Waals surface area (Å²) in [5.41, 5.74) is 5.63. The van der Waals surface area contributed by atoms with Crippen LogP contribution in [0.15, 0.2) is 23.1 Å². The predicted octanol–water partition coefficient (Wildman–Crippen LogP) is 2.66. The van der Waals surface area contributed by atoms with Gasteiger partial charge in [0.2, 0.25) is 0 Å². The summed E-state index contributed by atoms with van der Waals surface area (Å²) in [6, 6.07) is 4.49. The van der Waals surface area contributed by atoms with E-state index in [1.165, 1.54) is 23.9 Å². The Labute approximate surface area is 94.0 Å². The van der Waals surface area contributed by atoms with Gasteiger partial charge in [0.25, 0.3) is 0 Å². The maximum absolute atomic E-state index is 13.1. The average Bonchev–Trinajstić information content (AvgIpc) is 2.18. The Morgan fingerprint density at radius 3 is 2.67 bits per heavy atom. The fraction of sp³-hybridized carbons (Fsp3) is 0.455. The van der Waals surface area contributed by atoms with Gasteiger partial charge in [0.15, 0.2) is 0 Å². The van der Waals surface area contributed by atoms with Crippen molar-refractivity contribution in [3.63, 3.8) is 0 Å². The molecule has 1 aromatic rings. The third-order valence-corrected chi connectivity index (χ3v) is 3.26. The standard InChI is InChI=1S/C11H16FNOS/c1-11(2,7-13)15-10-6-8(12)4-5-9(10)14-3/h4-6H,7,13H2,1-3H3. The molecule has 0 aromatic heterocycles.